The van der Waals surface area contributed by atoms with E-state index in [-0.39, 0.29) is 30.4 Å². The van der Waals surface area contributed by atoms with Gasteiger partial charge in [-0.1, -0.05) is 63.0 Å². The van der Waals surface area contributed by atoms with Gasteiger partial charge in [-0.2, -0.15) is 0 Å². The minimum Gasteiger partial charge on any atom is -0.483 e. The predicted molar refractivity (Wildman–Crippen MR) is 138 cm³/mol. The first-order valence-corrected chi connectivity index (χ1v) is 12.5. The summed E-state index contributed by atoms with van der Waals surface area (Å²) in [6, 6.07) is 10.4. The summed E-state index contributed by atoms with van der Waals surface area (Å²) in [4.78, 5) is 27.5. The number of nitrogens with zero attached hydrogens (tertiary/aromatic N) is 1. The van der Waals surface area contributed by atoms with Crippen LogP contribution in [0.25, 0.3) is 0 Å². The summed E-state index contributed by atoms with van der Waals surface area (Å²) in [5, 5.41) is 3.64. The third-order valence-electron chi connectivity index (χ3n) is 5.22. The fraction of sp³-hybridized carbons (Fsp3) is 0.440. The van der Waals surface area contributed by atoms with Crippen LogP contribution in [0.1, 0.15) is 52.2 Å². The lowest BCUT2D eigenvalue weighted by Gasteiger charge is -2.30. The first-order chi connectivity index (χ1) is 15.5. The quantitative estimate of drug-likeness (QED) is 0.389. The van der Waals surface area contributed by atoms with Gasteiger partial charge >= 0.3 is 0 Å². The first kappa shape index (κ1) is 27.5. The molecule has 2 aromatic carbocycles. The Morgan fingerprint density at radius 1 is 1.09 bits per heavy atom. The molecule has 2 aromatic rings. The zero-order valence-electron chi connectivity index (χ0n) is 19.7. The van der Waals surface area contributed by atoms with Crippen LogP contribution in [0.2, 0.25) is 10.0 Å². The molecule has 0 aromatic heterocycles. The zero-order valence-corrected chi connectivity index (χ0v) is 22.8. The highest BCUT2D eigenvalue weighted by Crippen LogP contribution is 2.31. The Balaban J connectivity index is 2.25. The number of benzene rings is 2. The maximum atomic E-state index is 13.3. The highest BCUT2D eigenvalue weighted by molar-refractivity contribution is 9.10. The third-order valence-corrected chi connectivity index (χ3v) is 6.58. The van der Waals surface area contributed by atoms with Crippen molar-refractivity contribution in [1.82, 2.24) is 10.2 Å². The lowest BCUT2D eigenvalue weighted by molar-refractivity contribution is -0.142. The van der Waals surface area contributed by atoms with E-state index in [0.29, 0.717) is 28.8 Å². The van der Waals surface area contributed by atoms with Crippen molar-refractivity contribution in [2.75, 3.05) is 13.2 Å². The van der Waals surface area contributed by atoms with Gasteiger partial charge < -0.3 is 15.0 Å². The highest BCUT2D eigenvalue weighted by atomic mass is 79.9. The van der Waals surface area contributed by atoms with Crippen LogP contribution >= 0.6 is 39.1 Å². The van der Waals surface area contributed by atoms with Crippen molar-refractivity contribution in [3.63, 3.8) is 0 Å². The van der Waals surface area contributed by atoms with Crippen molar-refractivity contribution in [2.45, 2.75) is 59.0 Å². The van der Waals surface area contributed by atoms with Gasteiger partial charge in [0.05, 0.1) is 14.5 Å². The fourth-order valence-electron chi connectivity index (χ4n) is 3.35. The van der Waals surface area contributed by atoms with Gasteiger partial charge in [0.15, 0.2) is 6.61 Å². The van der Waals surface area contributed by atoms with Gasteiger partial charge in [-0.15, -0.1) is 0 Å². The number of carbonyl (C=O) groups is 2. The molecular weight excluding hydrogens is 527 g/mol. The van der Waals surface area contributed by atoms with E-state index in [4.69, 9.17) is 27.9 Å². The molecule has 1 N–H and O–H groups in total. The molecule has 0 bridgehead atoms. The SMILES string of the molecule is CCNC(=O)[C@@H](CC)N(Cc1ccc(Cl)c(Cl)c1)C(=O)COc1ccc(C(C)(C)C)cc1Br. The van der Waals surface area contributed by atoms with E-state index in [1.54, 1.807) is 18.2 Å². The van der Waals surface area contributed by atoms with E-state index < -0.39 is 6.04 Å². The van der Waals surface area contributed by atoms with E-state index in [0.717, 1.165) is 15.6 Å². The Bertz CT molecular complexity index is 992. The van der Waals surface area contributed by atoms with E-state index >= 15 is 0 Å². The lowest BCUT2D eigenvalue weighted by Crippen LogP contribution is -2.50. The van der Waals surface area contributed by atoms with E-state index in [1.165, 1.54) is 4.90 Å². The lowest BCUT2D eigenvalue weighted by atomic mass is 9.87. The van der Waals surface area contributed by atoms with Gasteiger partial charge in [0, 0.05) is 13.1 Å². The standard InChI is InChI=1S/C25H31BrCl2N2O3/c1-6-21(24(32)29-7-2)30(14-16-8-10-19(27)20(28)12-16)23(31)15-33-22-11-9-17(13-18(22)26)25(3,4)5/h8-13,21H,6-7,14-15H2,1-5H3,(H,29,32)/t21-/m1/s1. The smallest absolute Gasteiger partial charge is 0.261 e. The van der Waals surface area contributed by atoms with E-state index in [2.05, 4.69) is 42.0 Å². The molecule has 0 aliphatic heterocycles. The fourth-order valence-corrected chi connectivity index (χ4v) is 4.17. The van der Waals surface area contributed by atoms with Crippen LogP contribution in [-0.4, -0.2) is 35.9 Å². The number of carbonyl (C=O) groups excluding carboxylic acids is 2. The van der Waals surface area contributed by atoms with Gasteiger partial charge in [0.2, 0.25) is 5.91 Å². The van der Waals surface area contributed by atoms with Crippen LogP contribution in [0.15, 0.2) is 40.9 Å². The van der Waals surface area contributed by atoms with Gasteiger partial charge in [0.25, 0.3) is 5.91 Å². The van der Waals surface area contributed by atoms with Crippen molar-refractivity contribution in [3.8, 4) is 5.75 Å². The summed E-state index contributed by atoms with van der Waals surface area (Å²) in [7, 11) is 0. The second-order valence-electron chi connectivity index (χ2n) is 8.77. The van der Waals surface area contributed by atoms with Crippen LogP contribution in [0.4, 0.5) is 0 Å². The Morgan fingerprint density at radius 2 is 1.79 bits per heavy atom. The van der Waals surface area contributed by atoms with Crippen LogP contribution in [0.5, 0.6) is 5.75 Å². The molecule has 0 saturated heterocycles. The summed E-state index contributed by atoms with van der Waals surface area (Å²) in [6.45, 7) is 10.6. The predicted octanol–water partition coefficient (Wildman–Crippen LogP) is 6.38. The Morgan fingerprint density at radius 3 is 2.33 bits per heavy atom. The average Bonchev–Trinajstić information content (AvgIpc) is 2.74. The largest absolute Gasteiger partial charge is 0.483 e. The van der Waals surface area contributed by atoms with Crippen molar-refractivity contribution in [1.29, 1.82) is 0 Å². The second-order valence-corrected chi connectivity index (χ2v) is 10.4. The molecule has 0 radical (unpaired) electrons. The number of halogens is 3. The van der Waals surface area contributed by atoms with Gasteiger partial charge in [-0.3, -0.25) is 9.59 Å². The topological polar surface area (TPSA) is 58.6 Å². The van der Waals surface area contributed by atoms with Crippen LogP contribution in [-0.2, 0) is 21.5 Å². The normalized spacial score (nSPS) is 12.2. The molecule has 0 aliphatic rings. The molecule has 0 fully saturated rings. The van der Waals surface area contributed by atoms with Crippen LogP contribution in [0.3, 0.4) is 0 Å². The maximum Gasteiger partial charge on any atom is 0.261 e. The second kappa shape index (κ2) is 12.1. The van der Waals surface area contributed by atoms with Crippen LogP contribution < -0.4 is 10.1 Å². The molecule has 0 spiro atoms. The molecule has 0 heterocycles. The minimum atomic E-state index is -0.637. The van der Waals surface area contributed by atoms with Gasteiger partial charge in [-0.25, -0.2) is 0 Å². The Labute approximate surface area is 214 Å². The molecule has 33 heavy (non-hydrogen) atoms. The van der Waals surface area contributed by atoms with Crippen molar-refractivity contribution in [2.24, 2.45) is 0 Å². The molecule has 1 atom stereocenters. The van der Waals surface area contributed by atoms with Crippen molar-refractivity contribution in [3.05, 3.63) is 62.0 Å². The molecule has 0 aliphatic carbocycles. The number of rotatable bonds is 9. The minimum absolute atomic E-state index is 0.00545. The average molecular weight is 558 g/mol. The summed E-state index contributed by atoms with van der Waals surface area (Å²) in [6.07, 6.45) is 0.461. The zero-order chi connectivity index (χ0) is 24.8. The van der Waals surface area contributed by atoms with Crippen molar-refractivity contribution >= 4 is 50.9 Å². The summed E-state index contributed by atoms with van der Waals surface area (Å²) >= 11 is 15.7. The number of hydrogen-bond acceptors (Lipinski definition) is 3. The van der Waals surface area contributed by atoms with E-state index in [9.17, 15) is 9.59 Å². The third kappa shape index (κ3) is 7.62. The van der Waals surface area contributed by atoms with Gasteiger partial charge in [0.1, 0.15) is 11.8 Å². The van der Waals surface area contributed by atoms with Crippen molar-refractivity contribution < 1.29 is 14.3 Å². The highest BCUT2D eigenvalue weighted by Gasteiger charge is 2.29. The molecule has 2 rings (SSSR count). The molecule has 8 heteroatoms. The molecule has 0 saturated carbocycles. The van der Waals surface area contributed by atoms with Gasteiger partial charge in [-0.05, 0) is 70.1 Å². The molecular formula is C25H31BrCl2N2O3. The summed E-state index contributed by atoms with van der Waals surface area (Å²) in [5.41, 5.74) is 1.92. The first-order valence-electron chi connectivity index (χ1n) is 10.9. The monoisotopic (exact) mass is 556 g/mol. The molecule has 5 nitrogen and oxygen atoms in total. The Kier molecular flexibility index (Phi) is 10.1. The summed E-state index contributed by atoms with van der Waals surface area (Å²) in [5.74, 6) is 0.0620. The summed E-state index contributed by atoms with van der Waals surface area (Å²) < 4.78 is 6.62. The number of amides is 2. The molecule has 180 valence electrons. The van der Waals surface area contributed by atoms with E-state index in [1.807, 2.05) is 32.0 Å². The van der Waals surface area contributed by atoms with Crippen LogP contribution in [0, 0.1) is 0 Å². The number of likely N-dealkylation sites (N-methyl/N-ethyl adjacent to an activating group) is 1. The number of ether oxygens (including phenoxy) is 1. The Hall–Kier alpha value is -1.76. The maximum absolute atomic E-state index is 13.3. The molecule has 0 unspecified atom stereocenters. The molecule has 2 amide bonds. The number of nitrogens with one attached hydrogen (secondary N) is 1. The number of hydrogen-bond donors (Lipinski definition) is 1.